The Hall–Kier alpha value is -2.70. The van der Waals surface area contributed by atoms with E-state index in [0.717, 1.165) is 11.4 Å². The van der Waals surface area contributed by atoms with Crippen LogP contribution in [0.2, 0.25) is 0 Å². The lowest BCUT2D eigenvalue weighted by Crippen LogP contribution is -2.30. The summed E-state index contributed by atoms with van der Waals surface area (Å²) in [4.78, 5) is 4.16. The van der Waals surface area contributed by atoms with Crippen LogP contribution in [0.15, 0.2) is 40.0 Å². The van der Waals surface area contributed by atoms with Crippen LogP contribution < -0.4 is 20.1 Å². The number of hydrogen-bond donors (Lipinski definition) is 2. The van der Waals surface area contributed by atoms with Gasteiger partial charge in [-0.3, -0.25) is 4.99 Å². The number of aromatic nitrogens is 1. The highest BCUT2D eigenvalue weighted by Gasteiger charge is 2.07. The molecule has 0 spiro atoms. The van der Waals surface area contributed by atoms with Gasteiger partial charge in [-0.25, -0.2) is 0 Å². The third-order valence-electron chi connectivity index (χ3n) is 2.88. The molecule has 0 aliphatic carbocycles. The first-order valence-electron chi connectivity index (χ1n) is 6.94. The van der Waals surface area contributed by atoms with E-state index in [-0.39, 0.29) is 0 Å². The number of nitrogens with one attached hydrogen (secondary N) is 2. The van der Waals surface area contributed by atoms with Crippen LogP contribution in [0.1, 0.15) is 12.6 Å². The van der Waals surface area contributed by atoms with Crippen molar-refractivity contribution in [3.63, 3.8) is 0 Å². The van der Waals surface area contributed by atoms with E-state index in [1.54, 1.807) is 20.2 Å². The summed E-state index contributed by atoms with van der Waals surface area (Å²) in [5, 5.41) is 10.2. The van der Waals surface area contributed by atoms with Gasteiger partial charge in [-0.2, -0.15) is 0 Å². The van der Waals surface area contributed by atoms with E-state index in [0.29, 0.717) is 30.6 Å². The average molecular weight is 304 g/mol. The summed E-state index contributed by atoms with van der Waals surface area (Å²) in [6, 6.07) is 7.40. The zero-order valence-electron chi connectivity index (χ0n) is 12.9. The standard InChI is InChI=1S/C15H20N4O3/c1-4-21-14-9-11(5-6-13(14)20-3)18-15(16-2)17-10-12-7-8-22-19-12/h5-9H,4,10H2,1-3H3,(H2,16,17,18). The maximum atomic E-state index is 5.55. The average Bonchev–Trinajstić information content (AvgIpc) is 3.05. The summed E-state index contributed by atoms with van der Waals surface area (Å²) in [6.07, 6.45) is 1.53. The summed E-state index contributed by atoms with van der Waals surface area (Å²) in [6.45, 7) is 3.02. The van der Waals surface area contributed by atoms with Crippen molar-refractivity contribution in [2.24, 2.45) is 4.99 Å². The third kappa shape index (κ3) is 4.15. The van der Waals surface area contributed by atoms with Gasteiger partial charge in [0.25, 0.3) is 0 Å². The number of rotatable bonds is 6. The fourth-order valence-corrected chi connectivity index (χ4v) is 1.84. The molecule has 7 nitrogen and oxygen atoms in total. The number of aliphatic imine (C=N–C) groups is 1. The van der Waals surface area contributed by atoms with Crippen LogP contribution in [0.3, 0.4) is 0 Å². The molecule has 0 saturated heterocycles. The summed E-state index contributed by atoms with van der Waals surface area (Å²) in [7, 11) is 3.31. The van der Waals surface area contributed by atoms with Crippen molar-refractivity contribution in [3.8, 4) is 11.5 Å². The minimum absolute atomic E-state index is 0.518. The van der Waals surface area contributed by atoms with E-state index in [1.807, 2.05) is 25.1 Å². The molecule has 1 aromatic carbocycles. The zero-order valence-corrected chi connectivity index (χ0v) is 12.9. The van der Waals surface area contributed by atoms with E-state index in [9.17, 15) is 0 Å². The molecule has 7 heteroatoms. The summed E-state index contributed by atoms with van der Waals surface area (Å²) >= 11 is 0. The van der Waals surface area contributed by atoms with Gasteiger partial charge in [-0.05, 0) is 19.1 Å². The van der Waals surface area contributed by atoms with Gasteiger partial charge in [-0.1, -0.05) is 5.16 Å². The SMILES string of the molecule is CCOc1cc(NC(=NC)NCc2ccon2)ccc1OC. The molecule has 2 rings (SSSR count). The first-order chi connectivity index (χ1) is 10.8. The fraction of sp³-hybridized carbons (Fsp3) is 0.333. The Labute approximate surface area is 129 Å². The van der Waals surface area contributed by atoms with Crippen LogP contribution in [-0.2, 0) is 6.54 Å². The molecule has 1 heterocycles. The molecule has 0 aliphatic rings. The fourth-order valence-electron chi connectivity index (χ4n) is 1.84. The number of ether oxygens (including phenoxy) is 2. The number of nitrogens with zero attached hydrogens (tertiary/aromatic N) is 2. The second-order valence-corrected chi connectivity index (χ2v) is 4.34. The Balaban J connectivity index is 2.02. The van der Waals surface area contributed by atoms with Crippen molar-refractivity contribution in [2.75, 3.05) is 26.1 Å². The third-order valence-corrected chi connectivity index (χ3v) is 2.88. The molecule has 2 N–H and O–H groups in total. The van der Waals surface area contributed by atoms with Gasteiger partial charge in [0.1, 0.15) is 12.0 Å². The summed E-state index contributed by atoms with van der Waals surface area (Å²) in [5.74, 6) is 2.00. The molecule has 0 fully saturated rings. The topological polar surface area (TPSA) is 80.9 Å². The highest BCUT2D eigenvalue weighted by atomic mass is 16.5. The normalized spacial score (nSPS) is 11.1. The zero-order chi connectivity index (χ0) is 15.8. The van der Waals surface area contributed by atoms with Crippen LogP contribution >= 0.6 is 0 Å². The van der Waals surface area contributed by atoms with E-state index in [1.165, 1.54) is 6.26 Å². The lowest BCUT2D eigenvalue weighted by atomic mass is 10.2. The molecule has 0 unspecified atom stereocenters. The monoisotopic (exact) mass is 304 g/mol. The number of hydrogen-bond acceptors (Lipinski definition) is 5. The smallest absolute Gasteiger partial charge is 0.195 e. The second kappa shape index (κ2) is 7.92. The van der Waals surface area contributed by atoms with Crippen LogP contribution in [0.5, 0.6) is 11.5 Å². The minimum atomic E-state index is 0.518. The van der Waals surface area contributed by atoms with Gasteiger partial charge in [0.05, 0.1) is 20.3 Å². The molecule has 22 heavy (non-hydrogen) atoms. The Bertz CT molecular complexity index is 611. The molecule has 0 aliphatic heterocycles. The van der Waals surface area contributed by atoms with Crippen molar-refractivity contribution in [1.82, 2.24) is 10.5 Å². The molecule has 0 radical (unpaired) electrons. The Morgan fingerprint density at radius 2 is 2.18 bits per heavy atom. The molecule has 0 saturated carbocycles. The summed E-state index contributed by atoms with van der Waals surface area (Å²) < 4.78 is 15.6. The van der Waals surface area contributed by atoms with Crippen LogP contribution in [0, 0.1) is 0 Å². The minimum Gasteiger partial charge on any atom is -0.493 e. The Morgan fingerprint density at radius 1 is 1.32 bits per heavy atom. The predicted molar refractivity (Wildman–Crippen MR) is 84.5 cm³/mol. The van der Waals surface area contributed by atoms with Crippen LogP contribution in [0.4, 0.5) is 5.69 Å². The van der Waals surface area contributed by atoms with Crippen molar-refractivity contribution < 1.29 is 14.0 Å². The number of methoxy groups -OCH3 is 1. The van der Waals surface area contributed by atoms with Crippen molar-refractivity contribution in [3.05, 3.63) is 36.2 Å². The first kappa shape index (κ1) is 15.7. The predicted octanol–water partition coefficient (Wildman–Crippen LogP) is 2.27. The molecule has 0 amide bonds. The van der Waals surface area contributed by atoms with E-state index >= 15 is 0 Å². The van der Waals surface area contributed by atoms with Crippen LogP contribution in [0.25, 0.3) is 0 Å². The summed E-state index contributed by atoms with van der Waals surface area (Å²) in [5.41, 5.74) is 1.64. The van der Waals surface area contributed by atoms with Crippen molar-refractivity contribution in [2.45, 2.75) is 13.5 Å². The maximum absolute atomic E-state index is 5.55. The molecule has 0 bridgehead atoms. The molecular formula is C15H20N4O3. The number of anilines is 1. The van der Waals surface area contributed by atoms with Gasteiger partial charge >= 0.3 is 0 Å². The lowest BCUT2D eigenvalue weighted by Gasteiger charge is -2.14. The van der Waals surface area contributed by atoms with E-state index in [2.05, 4.69) is 20.8 Å². The molecular weight excluding hydrogens is 284 g/mol. The maximum Gasteiger partial charge on any atom is 0.195 e. The number of benzene rings is 1. The first-order valence-corrected chi connectivity index (χ1v) is 6.94. The highest BCUT2D eigenvalue weighted by Crippen LogP contribution is 2.30. The van der Waals surface area contributed by atoms with Gasteiger partial charge in [-0.15, -0.1) is 0 Å². The van der Waals surface area contributed by atoms with Crippen LogP contribution in [-0.4, -0.2) is 31.9 Å². The van der Waals surface area contributed by atoms with Gasteiger partial charge < -0.3 is 24.6 Å². The van der Waals surface area contributed by atoms with E-state index in [4.69, 9.17) is 14.0 Å². The molecule has 2 aromatic rings. The quantitative estimate of drug-likeness (QED) is 0.629. The Morgan fingerprint density at radius 3 is 2.82 bits per heavy atom. The highest BCUT2D eigenvalue weighted by molar-refractivity contribution is 5.93. The Kier molecular flexibility index (Phi) is 5.65. The van der Waals surface area contributed by atoms with Gasteiger partial charge in [0, 0.05) is 24.9 Å². The molecule has 118 valence electrons. The largest absolute Gasteiger partial charge is 0.493 e. The van der Waals surface area contributed by atoms with Gasteiger partial charge in [0.2, 0.25) is 0 Å². The molecule has 1 aromatic heterocycles. The van der Waals surface area contributed by atoms with Crippen molar-refractivity contribution in [1.29, 1.82) is 0 Å². The molecule has 0 atom stereocenters. The van der Waals surface area contributed by atoms with Crippen molar-refractivity contribution >= 4 is 11.6 Å². The van der Waals surface area contributed by atoms with E-state index < -0.39 is 0 Å². The number of guanidine groups is 1. The second-order valence-electron chi connectivity index (χ2n) is 4.34. The lowest BCUT2D eigenvalue weighted by molar-refractivity contribution is 0.311. The van der Waals surface area contributed by atoms with Gasteiger partial charge in [0.15, 0.2) is 17.5 Å².